The van der Waals surface area contributed by atoms with Gasteiger partial charge >= 0.3 is 0 Å². The number of nitrogens with zero attached hydrogens (tertiary/aromatic N) is 3. The number of aromatic nitrogens is 2. The van der Waals surface area contributed by atoms with Crippen molar-refractivity contribution in [1.82, 2.24) is 9.97 Å². The van der Waals surface area contributed by atoms with Crippen LogP contribution in [0, 0.1) is 13.8 Å². The zero-order valence-corrected chi connectivity index (χ0v) is 14.6. The van der Waals surface area contributed by atoms with E-state index >= 15 is 0 Å². The summed E-state index contributed by atoms with van der Waals surface area (Å²) in [5.74, 6) is 1.24. The number of para-hydroxylation sites is 1. The van der Waals surface area contributed by atoms with E-state index in [0.717, 1.165) is 39.0 Å². The molecule has 2 aromatic carbocycles. The van der Waals surface area contributed by atoms with E-state index in [0.29, 0.717) is 5.95 Å². The van der Waals surface area contributed by atoms with Crippen LogP contribution in [0.3, 0.4) is 0 Å². The van der Waals surface area contributed by atoms with Crippen molar-refractivity contribution in [3.05, 3.63) is 83.5 Å². The summed E-state index contributed by atoms with van der Waals surface area (Å²) in [4.78, 5) is 8.74. The summed E-state index contributed by atoms with van der Waals surface area (Å²) in [5.41, 5.74) is 6.54. The Morgan fingerprint density at radius 2 is 1.54 bits per heavy atom. The molecular weight excluding hydrogens is 324 g/mol. The quantitative estimate of drug-likeness (QED) is 0.559. The Hall–Kier alpha value is -3.47. The molecule has 0 unspecified atom stereocenters. The van der Waals surface area contributed by atoms with E-state index < -0.39 is 0 Å². The Morgan fingerprint density at radius 1 is 0.846 bits per heavy atom. The molecule has 2 aromatic heterocycles. The lowest BCUT2D eigenvalue weighted by atomic mass is 10.1. The van der Waals surface area contributed by atoms with Gasteiger partial charge in [-0.3, -0.25) is 0 Å². The van der Waals surface area contributed by atoms with Crippen molar-refractivity contribution in [3.63, 3.8) is 0 Å². The number of rotatable bonds is 3. The van der Waals surface area contributed by atoms with Gasteiger partial charge in [-0.15, -0.1) is 0 Å². The molecule has 0 saturated heterocycles. The predicted octanol–water partition coefficient (Wildman–Crippen LogP) is 4.43. The highest BCUT2D eigenvalue weighted by Crippen LogP contribution is 2.21. The summed E-state index contributed by atoms with van der Waals surface area (Å²) in [5, 5.41) is 6.23. The Labute approximate surface area is 151 Å². The minimum absolute atomic E-state index is 0.480. The fraction of sp³-hybridized carbons (Fsp3) is 0.0952. The normalized spacial score (nSPS) is 11.7. The maximum Gasteiger partial charge on any atom is 0.243 e. The average Bonchev–Trinajstić information content (AvgIpc) is 2.66. The van der Waals surface area contributed by atoms with Gasteiger partial charge in [-0.2, -0.15) is 5.10 Å². The molecule has 128 valence electrons. The molecule has 0 saturated carbocycles. The summed E-state index contributed by atoms with van der Waals surface area (Å²) < 4.78 is 6.06. The number of anilines is 1. The van der Waals surface area contributed by atoms with Gasteiger partial charge in [0.05, 0.1) is 5.36 Å². The van der Waals surface area contributed by atoms with E-state index in [9.17, 15) is 0 Å². The Kier molecular flexibility index (Phi) is 4.19. The fourth-order valence-corrected chi connectivity index (χ4v) is 2.84. The molecule has 5 nitrogen and oxygen atoms in total. The van der Waals surface area contributed by atoms with Crippen molar-refractivity contribution in [2.75, 3.05) is 5.43 Å². The van der Waals surface area contributed by atoms with E-state index in [4.69, 9.17) is 4.42 Å². The lowest BCUT2D eigenvalue weighted by Crippen LogP contribution is -2.09. The van der Waals surface area contributed by atoms with Crippen molar-refractivity contribution in [2.45, 2.75) is 13.8 Å². The Bertz CT molecular complexity index is 1110. The molecule has 4 aromatic rings. The second kappa shape index (κ2) is 6.80. The molecular formula is C21H18N4O. The first kappa shape index (κ1) is 16.0. The third kappa shape index (κ3) is 3.32. The molecule has 0 spiro atoms. The molecule has 0 aliphatic rings. The summed E-state index contributed by atoms with van der Waals surface area (Å²) >= 11 is 0. The van der Waals surface area contributed by atoms with E-state index in [-0.39, 0.29) is 0 Å². The van der Waals surface area contributed by atoms with E-state index in [2.05, 4.69) is 20.5 Å². The molecule has 0 amide bonds. The van der Waals surface area contributed by atoms with Crippen LogP contribution in [0.5, 0.6) is 0 Å². The molecule has 0 aliphatic carbocycles. The van der Waals surface area contributed by atoms with Crippen LogP contribution < -0.4 is 10.8 Å². The first-order valence-corrected chi connectivity index (χ1v) is 8.39. The maximum absolute atomic E-state index is 6.06. The van der Waals surface area contributed by atoms with Gasteiger partial charge in [0.25, 0.3) is 0 Å². The molecule has 1 N–H and O–H groups in total. The van der Waals surface area contributed by atoms with Gasteiger partial charge in [-0.1, -0.05) is 42.5 Å². The first-order valence-electron chi connectivity index (χ1n) is 8.39. The number of hydrogen-bond acceptors (Lipinski definition) is 5. The van der Waals surface area contributed by atoms with Crippen LogP contribution in [-0.2, 0) is 0 Å². The Balaban J connectivity index is 1.85. The van der Waals surface area contributed by atoms with Crippen LogP contribution in [0.15, 0.2) is 76.2 Å². The largest absolute Gasteiger partial charge is 0.456 e. The highest BCUT2D eigenvalue weighted by molar-refractivity contribution is 5.78. The van der Waals surface area contributed by atoms with Gasteiger partial charge in [0.1, 0.15) is 11.3 Å². The summed E-state index contributed by atoms with van der Waals surface area (Å²) in [7, 11) is 0. The molecule has 0 bridgehead atoms. The second-order valence-electron chi connectivity index (χ2n) is 6.06. The van der Waals surface area contributed by atoms with E-state index in [1.54, 1.807) is 0 Å². The molecule has 0 fully saturated rings. The topological polar surface area (TPSA) is 63.3 Å². The summed E-state index contributed by atoms with van der Waals surface area (Å²) in [6, 6.07) is 21.7. The SMILES string of the molecule is Cc1cc(C)nc(N/N=c2\cc(-c3ccccc3)oc3ccccc23)n1. The summed E-state index contributed by atoms with van der Waals surface area (Å²) in [6.45, 7) is 3.87. The smallest absolute Gasteiger partial charge is 0.243 e. The minimum Gasteiger partial charge on any atom is -0.456 e. The van der Waals surface area contributed by atoms with E-state index in [1.807, 2.05) is 80.6 Å². The molecule has 26 heavy (non-hydrogen) atoms. The zero-order valence-electron chi connectivity index (χ0n) is 14.6. The highest BCUT2D eigenvalue weighted by Gasteiger charge is 2.05. The highest BCUT2D eigenvalue weighted by atomic mass is 16.3. The van der Waals surface area contributed by atoms with E-state index in [1.165, 1.54) is 0 Å². The summed E-state index contributed by atoms with van der Waals surface area (Å²) in [6.07, 6.45) is 0. The van der Waals surface area contributed by atoms with Gasteiger partial charge in [-0.25, -0.2) is 15.4 Å². The van der Waals surface area contributed by atoms with Crippen molar-refractivity contribution in [2.24, 2.45) is 5.10 Å². The Morgan fingerprint density at radius 3 is 2.31 bits per heavy atom. The van der Waals surface area contributed by atoms with Crippen LogP contribution in [-0.4, -0.2) is 9.97 Å². The number of hydrogen-bond donors (Lipinski definition) is 1. The van der Waals surface area contributed by atoms with Crippen LogP contribution >= 0.6 is 0 Å². The molecule has 4 rings (SSSR count). The first-order chi connectivity index (χ1) is 12.7. The standard InChI is InChI=1S/C21H18N4O/c1-14-12-15(2)23-21(22-14)25-24-18-13-20(16-8-4-3-5-9-16)26-19-11-7-6-10-17(18)19/h3-13H,1-2H3,(H,22,23,25)/b24-18+. The average molecular weight is 342 g/mol. The number of nitrogens with one attached hydrogen (secondary N) is 1. The van der Waals surface area contributed by atoms with Crippen molar-refractivity contribution in [1.29, 1.82) is 0 Å². The van der Waals surface area contributed by atoms with Crippen molar-refractivity contribution < 1.29 is 4.42 Å². The maximum atomic E-state index is 6.06. The lowest BCUT2D eigenvalue weighted by Gasteiger charge is -2.05. The number of benzene rings is 2. The van der Waals surface area contributed by atoms with Crippen LogP contribution in [0.2, 0.25) is 0 Å². The molecule has 0 atom stereocenters. The number of aryl methyl sites for hydroxylation is 2. The zero-order chi connectivity index (χ0) is 17.9. The second-order valence-corrected chi connectivity index (χ2v) is 6.06. The fourth-order valence-electron chi connectivity index (χ4n) is 2.84. The van der Waals surface area contributed by atoms with Gasteiger partial charge in [0.15, 0.2) is 0 Å². The third-order valence-electron chi connectivity index (χ3n) is 3.97. The molecule has 2 heterocycles. The van der Waals surface area contributed by atoms with Crippen LogP contribution in [0.4, 0.5) is 5.95 Å². The van der Waals surface area contributed by atoms with Gasteiger partial charge in [0.2, 0.25) is 5.95 Å². The van der Waals surface area contributed by atoms with Gasteiger partial charge in [0, 0.05) is 28.4 Å². The lowest BCUT2D eigenvalue weighted by molar-refractivity contribution is 0.618. The van der Waals surface area contributed by atoms with Crippen LogP contribution in [0.1, 0.15) is 11.4 Å². The molecule has 0 aliphatic heterocycles. The molecule has 5 heteroatoms. The predicted molar refractivity (Wildman–Crippen MR) is 102 cm³/mol. The number of fused-ring (bicyclic) bond motifs is 1. The van der Waals surface area contributed by atoms with Gasteiger partial charge < -0.3 is 4.42 Å². The molecule has 0 radical (unpaired) electrons. The monoisotopic (exact) mass is 342 g/mol. The van der Waals surface area contributed by atoms with Gasteiger partial charge in [-0.05, 0) is 32.0 Å². The minimum atomic E-state index is 0.480. The van der Waals surface area contributed by atoms with Crippen molar-refractivity contribution >= 4 is 16.9 Å². The third-order valence-corrected chi connectivity index (χ3v) is 3.97. The van der Waals surface area contributed by atoms with Crippen LogP contribution in [0.25, 0.3) is 22.3 Å². The van der Waals surface area contributed by atoms with Crippen molar-refractivity contribution in [3.8, 4) is 11.3 Å².